The number of pyridine rings is 1. The summed E-state index contributed by atoms with van der Waals surface area (Å²) in [6, 6.07) is 2.30. The Balaban J connectivity index is 2.37. The van der Waals surface area contributed by atoms with Crippen molar-refractivity contribution in [2.24, 2.45) is 0 Å². The van der Waals surface area contributed by atoms with Gasteiger partial charge < -0.3 is 5.11 Å². The fourth-order valence-electron chi connectivity index (χ4n) is 1.88. The molecule has 0 radical (unpaired) electrons. The molecule has 96 valence electrons. The average Bonchev–Trinajstić information content (AvgIpc) is 2.86. The lowest BCUT2D eigenvalue weighted by Crippen LogP contribution is -2.28. The molecule has 3 rings (SSSR count). The van der Waals surface area contributed by atoms with Crippen LogP contribution in [0.5, 0.6) is 0 Å². The summed E-state index contributed by atoms with van der Waals surface area (Å²) in [6.07, 6.45) is 2.97. The monoisotopic (exact) mass is 259 g/mol. The standard InChI is InChI=1S/C11H9N5O3/c1-6(11(18)19)15-5-3-7-9(10(15)17)14-13-8-2-4-12-16(7)8/h2-6H,1H3,(H,18,19). The highest BCUT2D eigenvalue weighted by Crippen LogP contribution is 2.10. The minimum absolute atomic E-state index is 0.0896. The molecule has 0 amide bonds. The van der Waals surface area contributed by atoms with Crippen LogP contribution < -0.4 is 5.56 Å². The maximum absolute atomic E-state index is 12.2. The number of carboxylic acids is 1. The van der Waals surface area contributed by atoms with Crippen molar-refractivity contribution < 1.29 is 9.90 Å². The van der Waals surface area contributed by atoms with Crippen LogP contribution in [0, 0.1) is 0 Å². The maximum Gasteiger partial charge on any atom is 0.326 e. The van der Waals surface area contributed by atoms with Crippen LogP contribution in [0.25, 0.3) is 16.7 Å². The molecule has 1 atom stereocenters. The van der Waals surface area contributed by atoms with Gasteiger partial charge in [-0.15, -0.1) is 10.2 Å². The zero-order chi connectivity index (χ0) is 13.6. The summed E-state index contributed by atoms with van der Waals surface area (Å²) >= 11 is 0. The second kappa shape index (κ2) is 3.87. The quantitative estimate of drug-likeness (QED) is 0.699. The van der Waals surface area contributed by atoms with E-state index in [1.807, 2.05) is 0 Å². The number of carbonyl (C=O) groups is 1. The van der Waals surface area contributed by atoms with E-state index in [0.29, 0.717) is 11.2 Å². The molecule has 3 heterocycles. The number of aromatic nitrogens is 5. The minimum Gasteiger partial charge on any atom is -0.480 e. The second-order valence-electron chi connectivity index (χ2n) is 4.08. The molecule has 0 bridgehead atoms. The summed E-state index contributed by atoms with van der Waals surface area (Å²) in [5.74, 6) is -1.09. The highest BCUT2D eigenvalue weighted by atomic mass is 16.4. The Kier molecular flexibility index (Phi) is 2.31. The van der Waals surface area contributed by atoms with Crippen LogP contribution in [0.1, 0.15) is 13.0 Å². The topological polar surface area (TPSA) is 102 Å². The molecule has 19 heavy (non-hydrogen) atoms. The van der Waals surface area contributed by atoms with E-state index in [1.54, 1.807) is 18.3 Å². The number of nitrogens with zero attached hydrogens (tertiary/aromatic N) is 5. The Morgan fingerprint density at radius 2 is 2.16 bits per heavy atom. The van der Waals surface area contributed by atoms with Gasteiger partial charge in [-0.25, -0.2) is 9.31 Å². The average molecular weight is 259 g/mol. The Bertz CT molecular complexity index is 850. The van der Waals surface area contributed by atoms with Gasteiger partial charge in [-0.2, -0.15) is 5.10 Å². The summed E-state index contributed by atoms with van der Waals surface area (Å²) in [4.78, 5) is 23.1. The predicted octanol–water partition coefficient (Wildman–Crippen LogP) is 0.0848. The first kappa shape index (κ1) is 11.3. The van der Waals surface area contributed by atoms with E-state index in [1.165, 1.54) is 17.6 Å². The van der Waals surface area contributed by atoms with Crippen molar-refractivity contribution in [2.45, 2.75) is 13.0 Å². The number of fused-ring (bicyclic) bond motifs is 3. The van der Waals surface area contributed by atoms with Gasteiger partial charge in [0, 0.05) is 12.3 Å². The SMILES string of the molecule is CC(C(=O)O)n1ccc2c(nnc3ccnn32)c1=O. The first-order valence-electron chi connectivity index (χ1n) is 5.53. The Hall–Kier alpha value is -2.77. The van der Waals surface area contributed by atoms with Gasteiger partial charge in [-0.1, -0.05) is 0 Å². The van der Waals surface area contributed by atoms with E-state index in [-0.39, 0.29) is 5.52 Å². The van der Waals surface area contributed by atoms with Gasteiger partial charge in [0.15, 0.2) is 11.2 Å². The molecular formula is C11H9N5O3. The molecule has 0 saturated heterocycles. The second-order valence-corrected chi connectivity index (χ2v) is 4.08. The highest BCUT2D eigenvalue weighted by molar-refractivity contribution is 5.76. The molecule has 3 aromatic heterocycles. The zero-order valence-electron chi connectivity index (χ0n) is 9.89. The molecule has 8 nitrogen and oxygen atoms in total. The Morgan fingerprint density at radius 1 is 1.37 bits per heavy atom. The third kappa shape index (κ3) is 1.57. The van der Waals surface area contributed by atoms with Gasteiger partial charge in [-0.05, 0) is 13.0 Å². The van der Waals surface area contributed by atoms with E-state index in [4.69, 9.17) is 5.11 Å². The van der Waals surface area contributed by atoms with Crippen LogP contribution in [-0.4, -0.2) is 35.5 Å². The summed E-state index contributed by atoms with van der Waals surface area (Å²) in [5, 5.41) is 20.7. The molecule has 0 saturated carbocycles. The smallest absolute Gasteiger partial charge is 0.326 e. The summed E-state index contributed by atoms with van der Waals surface area (Å²) in [5.41, 5.74) is 0.605. The number of hydrogen-bond acceptors (Lipinski definition) is 5. The Morgan fingerprint density at radius 3 is 2.89 bits per heavy atom. The third-order valence-electron chi connectivity index (χ3n) is 2.95. The van der Waals surface area contributed by atoms with Crippen molar-refractivity contribution in [3.8, 4) is 0 Å². The number of aliphatic carboxylic acids is 1. The molecule has 0 aliphatic heterocycles. The van der Waals surface area contributed by atoms with Crippen molar-refractivity contribution in [3.05, 3.63) is 34.9 Å². The first-order chi connectivity index (χ1) is 9.09. The summed E-state index contributed by atoms with van der Waals surface area (Å²) < 4.78 is 2.59. The van der Waals surface area contributed by atoms with Crippen molar-refractivity contribution in [1.29, 1.82) is 0 Å². The molecule has 0 spiro atoms. The lowest BCUT2D eigenvalue weighted by atomic mass is 10.3. The van der Waals surface area contributed by atoms with Gasteiger partial charge in [0.2, 0.25) is 0 Å². The normalized spacial score (nSPS) is 12.9. The van der Waals surface area contributed by atoms with Crippen molar-refractivity contribution >= 4 is 22.6 Å². The van der Waals surface area contributed by atoms with E-state index in [9.17, 15) is 9.59 Å². The molecule has 0 fully saturated rings. The lowest BCUT2D eigenvalue weighted by Gasteiger charge is -2.10. The van der Waals surface area contributed by atoms with Gasteiger partial charge in [0.05, 0.1) is 6.20 Å². The van der Waals surface area contributed by atoms with Crippen LogP contribution in [0.15, 0.2) is 29.3 Å². The molecule has 0 aliphatic rings. The van der Waals surface area contributed by atoms with E-state index < -0.39 is 17.6 Å². The van der Waals surface area contributed by atoms with Crippen LogP contribution in [-0.2, 0) is 4.79 Å². The predicted molar refractivity (Wildman–Crippen MR) is 64.9 cm³/mol. The largest absolute Gasteiger partial charge is 0.480 e. The fraction of sp³-hybridized carbons (Fsp3) is 0.182. The van der Waals surface area contributed by atoms with Crippen LogP contribution in [0.2, 0.25) is 0 Å². The molecule has 0 aliphatic carbocycles. The Labute approximate surface area is 105 Å². The van der Waals surface area contributed by atoms with Crippen molar-refractivity contribution in [1.82, 2.24) is 24.4 Å². The molecule has 0 aromatic carbocycles. The summed E-state index contributed by atoms with van der Waals surface area (Å²) in [6.45, 7) is 1.43. The van der Waals surface area contributed by atoms with Crippen LogP contribution in [0.3, 0.4) is 0 Å². The van der Waals surface area contributed by atoms with Gasteiger partial charge >= 0.3 is 5.97 Å². The van der Waals surface area contributed by atoms with Crippen molar-refractivity contribution in [3.63, 3.8) is 0 Å². The first-order valence-corrected chi connectivity index (χ1v) is 5.53. The lowest BCUT2D eigenvalue weighted by molar-refractivity contribution is -0.140. The zero-order valence-corrected chi connectivity index (χ0v) is 9.89. The van der Waals surface area contributed by atoms with E-state index in [0.717, 1.165) is 4.57 Å². The number of rotatable bonds is 2. The molecule has 1 N–H and O–H groups in total. The van der Waals surface area contributed by atoms with Crippen LogP contribution >= 0.6 is 0 Å². The number of carboxylic acid groups (broad SMARTS) is 1. The van der Waals surface area contributed by atoms with Gasteiger partial charge in [0.25, 0.3) is 5.56 Å². The van der Waals surface area contributed by atoms with E-state index in [2.05, 4.69) is 15.3 Å². The maximum atomic E-state index is 12.2. The van der Waals surface area contributed by atoms with Crippen molar-refractivity contribution in [2.75, 3.05) is 0 Å². The number of hydrogen-bond donors (Lipinski definition) is 1. The van der Waals surface area contributed by atoms with Gasteiger partial charge in [-0.3, -0.25) is 9.36 Å². The third-order valence-corrected chi connectivity index (χ3v) is 2.95. The van der Waals surface area contributed by atoms with Crippen LogP contribution in [0.4, 0.5) is 0 Å². The van der Waals surface area contributed by atoms with E-state index >= 15 is 0 Å². The molecule has 3 aromatic rings. The molecule has 1 unspecified atom stereocenters. The summed E-state index contributed by atoms with van der Waals surface area (Å²) in [7, 11) is 0. The fourth-order valence-corrected chi connectivity index (χ4v) is 1.88. The van der Waals surface area contributed by atoms with Gasteiger partial charge in [0.1, 0.15) is 11.6 Å². The highest BCUT2D eigenvalue weighted by Gasteiger charge is 2.17. The molecular weight excluding hydrogens is 250 g/mol. The minimum atomic E-state index is -1.09. The molecule has 8 heteroatoms.